The van der Waals surface area contributed by atoms with Gasteiger partial charge in [-0.1, -0.05) is 78.4 Å². The van der Waals surface area contributed by atoms with Crippen molar-refractivity contribution in [2.75, 3.05) is 0 Å². The molecular formula is C21H20N2O2S. The van der Waals surface area contributed by atoms with Crippen LogP contribution in [0.15, 0.2) is 89.8 Å². The molecule has 0 bridgehead atoms. The summed E-state index contributed by atoms with van der Waals surface area (Å²) in [6.07, 6.45) is 0. The molecule has 3 aromatic rings. The zero-order chi connectivity index (χ0) is 18.6. The topological polar surface area (TPSA) is 72.2 Å². The number of hydrogen-bond acceptors (Lipinski definition) is 3. The summed E-state index contributed by atoms with van der Waals surface area (Å²) in [7, 11) is -3.77. The molecule has 132 valence electrons. The molecule has 4 nitrogen and oxygen atoms in total. The lowest BCUT2D eigenvalue weighted by molar-refractivity contribution is 0.591. The van der Waals surface area contributed by atoms with Crippen LogP contribution in [0.25, 0.3) is 11.4 Å². The van der Waals surface area contributed by atoms with Crippen molar-refractivity contribution < 1.29 is 8.42 Å². The number of hydrogen-bond donors (Lipinski definition) is 2. The number of rotatable bonds is 5. The fourth-order valence-corrected chi connectivity index (χ4v) is 3.66. The summed E-state index contributed by atoms with van der Waals surface area (Å²) >= 11 is 0. The first-order chi connectivity index (χ1) is 12.5. The van der Waals surface area contributed by atoms with E-state index in [4.69, 9.17) is 5.73 Å². The molecule has 0 fully saturated rings. The van der Waals surface area contributed by atoms with E-state index in [1.165, 1.54) is 0 Å². The number of nitrogens with one attached hydrogen (secondary N) is 1. The first kappa shape index (κ1) is 17.8. The zero-order valence-corrected chi connectivity index (χ0v) is 15.2. The van der Waals surface area contributed by atoms with Crippen molar-refractivity contribution >= 4 is 21.4 Å². The van der Waals surface area contributed by atoms with Gasteiger partial charge in [-0.05, 0) is 24.6 Å². The predicted molar refractivity (Wildman–Crippen MR) is 105 cm³/mol. The van der Waals surface area contributed by atoms with Gasteiger partial charge in [0.25, 0.3) is 10.0 Å². The maximum atomic E-state index is 12.9. The van der Waals surface area contributed by atoms with Gasteiger partial charge in [-0.3, -0.25) is 4.72 Å². The van der Waals surface area contributed by atoms with Crippen molar-refractivity contribution in [1.82, 2.24) is 4.72 Å². The van der Waals surface area contributed by atoms with Gasteiger partial charge in [-0.15, -0.1) is 0 Å². The van der Waals surface area contributed by atoms with Crippen molar-refractivity contribution in [1.29, 1.82) is 0 Å². The van der Waals surface area contributed by atoms with E-state index in [1.54, 1.807) is 24.3 Å². The third-order valence-corrected chi connectivity index (χ3v) is 5.35. The molecule has 0 amide bonds. The average Bonchev–Trinajstić information content (AvgIpc) is 2.67. The van der Waals surface area contributed by atoms with Gasteiger partial charge in [-0.25, -0.2) is 8.42 Å². The highest BCUT2D eigenvalue weighted by Gasteiger charge is 2.19. The van der Waals surface area contributed by atoms with Crippen LogP contribution < -0.4 is 10.5 Å². The third-order valence-electron chi connectivity index (χ3n) is 3.98. The molecule has 0 aromatic heterocycles. The van der Waals surface area contributed by atoms with Crippen LogP contribution in [0.1, 0.15) is 16.7 Å². The van der Waals surface area contributed by atoms with E-state index in [1.807, 2.05) is 67.6 Å². The molecule has 3 N–H and O–H groups in total. The van der Waals surface area contributed by atoms with Gasteiger partial charge in [0, 0.05) is 5.56 Å². The van der Waals surface area contributed by atoms with Crippen molar-refractivity contribution in [2.24, 2.45) is 5.73 Å². The van der Waals surface area contributed by atoms with E-state index in [-0.39, 0.29) is 4.90 Å². The lowest BCUT2D eigenvalue weighted by atomic mass is 10.1. The van der Waals surface area contributed by atoms with Gasteiger partial charge >= 0.3 is 0 Å². The van der Waals surface area contributed by atoms with Crippen molar-refractivity contribution in [3.63, 3.8) is 0 Å². The first-order valence-electron chi connectivity index (χ1n) is 8.17. The first-order valence-corrected chi connectivity index (χ1v) is 9.66. The molecule has 0 atom stereocenters. The Morgan fingerprint density at radius 2 is 1.27 bits per heavy atom. The second-order valence-electron chi connectivity index (χ2n) is 5.94. The van der Waals surface area contributed by atoms with Crippen LogP contribution in [0.5, 0.6) is 0 Å². The fourth-order valence-electron chi connectivity index (χ4n) is 2.55. The second-order valence-corrected chi connectivity index (χ2v) is 7.62. The Bertz CT molecular complexity index is 1010. The van der Waals surface area contributed by atoms with Crippen LogP contribution >= 0.6 is 0 Å². The molecular weight excluding hydrogens is 344 g/mol. The van der Waals surface area contributed by atoms with Crippen LogP contribution in [0.3, 0.4) is 0 Å². The molecule has 0 aliphatic carbocycles. The fraction of sp³-hybridized carbons (Fsp3) is 0.0476. The van der Waals surface area contributed by atoms with E-state index >= 15 is 0 Å². The summed E-state index contributed by atoms with van der Waals surface area (Å²) in [6, 6.07) is 25.2. The van der Waals surface area contributed by atoms with Crippen LogP contribution in [-0.4, -0.2) is 8.42 Å². The van der Waals surface area contributed by atoms with Crippen molar-refractivity contribution in [2.45, 2.75) is 11.8 Å². The molecule has 5 heteroatoms. The summed E-state index contributed by atoms with van der Waals surface area (Å²) in [5.74, 6) is 0. The largest absolute Gasteiger partial charge is 0.397 e. The summed E-state index contributed by atoms with van der Waals surface area (Å²) in [5, 5.41) is 0. The van der Waals surface area contributed by atoms with E-state index in [2.05, 4.69) is 4.72 Å². The van der Waals surface area contributed by atoms with Gasteiger partial charge in [0.05, 0.1) is 16.3 Å². The van der Waals surface area contributed by atoms with Gasteiger partial charge in [-0.2, -0.15) is 0 Å². The molecule has 0 aliphatic heterocycles. The smallest absolute Gasteiger partial charge is 0.261 e. The Morgan fingerprint density at radius 1 is 0.769 bits per heavy atom. The van der Waals surface area contributed by atoms with Gasteiger partial charge in [0.1, 0.15) is 0 Å². The monoisotopic (exact) mass is 364 g/mol. The molecule has 0 saturated heterocycles. The van der Waals surface area contributed by atoms with E-state index < -0.39 is 10.0 Å². The SMILES string of the molecule is Cc1ccc(S(=O)(=O)N/C(=C(/N)c2ccccc2)c2ccccc2)cc1. The molecule has 3 rings (SSSR count). The summed E-state index contributed by atoms with van der Waals surface area (Å²) in [5.41, 5.74) is 9.50. The summed E-state index contributed by atoms with van der Waals surface area (Å²) in [4.78, 5) is 0.192. The van der Waals surface area contributed by atoms with Crippen molar-refractivity contribution in [3.05, 3.63) is 102 Å². The predicted octanol–water partition coefficient (Wildman–Crippen LogP) is 3.76. The Kier molecular flexibility index (Phi) is 5.09. The molecule has 0 radical (unpaired) electrons. The normalized spacial score (nSPS) is 12.3. The Labute approximate surface area is 154 Å². The van der Waals surface area contributed by atoms with Gasteiger partial charge < -0.3 is 5.73 Å². The van der Waals surface area contributed by atoms with Gasteiger partial charge in [0.2, 0.25) is 0 Å². The minimum absolute atomic E-state index is 0.192. The summed E-state index contributed by atoms with van der Waals surface area (Å²) < 4.78 is 28.4. The number of aryl methyl sites for hydroxylation is 1. The number of sulfonamides is 1. The van der Waals surface area contributed by atoms with Crippen LogP contribution in [0.4, 0.5) is 0 Å². The maximum absolute atomic E-state index is 12.9. The molecule has 0 unspecified atom stereocenters. The number of benzene rings is 3. The molecule has 3 aromatic carbocycles. The highest BCUT2D eigenvalue weighted by atomic mass is 32.2. The minimum atomic E-state index is -3.77. The molecule has 0 heterocycles. The lowest BCUT2D eigenvalue weighted by Gasteiger charge is -2.16. The average molecular weight is 364 g/mol. The van der Waals surface area contributed by atoms with Crippen molar-refractivity contribution in [3.8, 4) is 0 Å². The standard InChI is InChI=1S/C21H20N2O2S/c1-16-12-14-19(15-13-16)26(24,25)23-21(18-10-6-3-7-11-18)20(22)17-8-4-2-5-9-17/h2-15,23H,22H2,1H3/b21-20+. The van der Waals surface area contributed by atoms with E-state index in [0.29, 0.717) is 17.0 Å². The quantitative estimate of drug-likeness (QED) is 0.677. The second kappa shape index (κ2) is 7.45. The van der Waals surface area contributed by atoms with Crippen LogP contribution in [-0.2, 0) is 10.0 Å². The minimum Gasteiger partial charge on any atom is -0.397 e. The molecule has 0 saturated carbocycles. The Balaban J connectivity index is 2.09. The number of nitrogens with two attached hydrogens (primary N) is 1. The molecule has 0 spiro atoms. The highest BCUT2D eigenvalue weighted by molar-refractivity contribution is 7.89. The third kappa shape index (κ3) is 3.95. The van der Waals surface area contributed by atoms with E-state index in [0.717, 1.165) is 11.1 Å². The van der Waals surface area contributed by atoms with Gasteiger partial charge in [0.15, 0.2) is 0 Å². The Hall–Kier alpha value is -3.05. The van der Waals surface area contributed by atoms with Crippen LogP contribution in [0, 0.1) is 6.92 Å². The maximum Gasteiger partial charge on any atom is 0.261 e. The van der Waals surface area contributed by atoms with Crippen LogP contribution in [0.2, 0.25) is 0 Å². The summed E-state index contributed by atoms with van der Waals surface area (Å²) in [6.45, 7) is 1.91. The highest BCUT2D eigenvalue weighted by Crippen LogP contribution is 2.23. The molecule has 26 heavy (non-hydrogen) atoms. The molecule has 0 aliphatic rings. The zero-order valence-electron chi connectivity index (χ0n) is 14.4. The Morgan fingerprint density at radius 3 is 1.81 bits per heavy atom. The van der Waals surface area contributed by atoms with E-state index in [9.17, 15) is 8.42 Å². The lowest BCUT2D eigenvalue weighted by Crippen LogP contribution is -2.25.